The highest BCUT2D eigenvalue weighted by Crippen LogP contribution is 2.27. The van der Waals surface area contributed by atoms with Gasteiger partial charge in [-0.2, -0.15) is 0 Å². The number of carbonyl (C=O) groups excluding carboxylic acids is 1. The number of hydrogen-bond donors (Lipinski definition) is 1. The van der Waals surface area contributed by atoms with E-state index in [1.807, 2.05) is 13.0 Å². The highest BCUT2D eigenvalue weighted by Gasteiger charge is 2.35. The predicted molar refractivity (Wildman–Crippen MR) is 79.2 cm³/mol. The molecule has 110 valence electrons. The van der Waals surface area contributed by atoms with Crippen LogP contribution in [0, 0.1) is 12.8 Å². The summed E-state index contributed by atoms with van der Waals surface area (Å²) in [6.45, 7) is 5.22. The monoisotopic (exact) mass is 285 g/mol. The Kier molecular flexibility index (Phi) is 2.96. The molecule has 1 atom stereocenters. The molecule has 0 radical (unpaired) electrons. The lowest BCUT2D eigenvalue weighted by atomic mass is 9.84. The zero-order chi connectivity index (χ0) is 14.4. The van der Waals surface area contributed by atoms with E-state index in [1.165, 1.54) is 25.9 Å². The minimum absolute atomic E-state index is 0.0878. The molecule has 3 saturated heterocycles. The molecule has 3 aliphatic heterocycles. The molecule has 0 spiro atoms. The average molecular weight is 285 g/mol. The first-order valence-electron chi connectivity index (χ1n) is 7.59. The Balaban J connectivity index is 1.56. The molecular formula is C16H19N3O2. The van der Waals surface area contributed by atoms with Crippen molar-refractivity contribution in [2.75, 3.05) is 19.6 Å². The maximum atomic E-state index is 12.5. The van der Waals surface area contributed by atoms with Gasteiger partial charge in [-0.15, -0.1) is 0 Å². The zero-order valence-corrected chi connectivity index (χ0v) is 12.1. The van der Waals surface area contributed by atoms with Gasteiger partial charge in [0, 0.05) is 29.7 Å². The zero-order valence-electron chi connectivity index (χ0n) is 12.1. The summed E-state index contributed by atoms with van der Waals surface area (Å²) in [5.41, 5.74) is 2.01. The molecule has 5 heteroatoms. The van der Waals surface area contributed by atoms with E-state index in [0.29, 0.717) is 11.6 Å². The molecule has 5 rings (SSSR count). The summed E-state index contributed by atoms with van der Waals surface area (Å²) in [6, 6.07) is 3.88. The lowest BCUT2D eigenvalue weighted by molar-refractivity contribution is 0.0617. The van der Waals surface area contributed by atoms with Crippen molar-refractivity contribution in [2.45, 2.75) is 25.8 Å². The van der Waals surface area contributed by atoms with Crippen molar-refractivity contribution in [3.63, 3.8) is 0 Å². The number of amides is 1. The number of hydrogen-bond acceptors (Lipinski definition) is 4. The van der Waals surface area contributed by atoms with Crippen LogP contribution in [0.15, 0.2) is 22.8 Å². The second-order valence-electron chi connectivity index (χ2n) is 6.14. The van der Waals surface area contributed by atoms with E-state index in [0.717, 1.165) is 23.2 Å². The lowest BCUT2D eigenvalue weighted by Crippen LogP contribution is -2.57. The SMILES string of the molecule is Cc1nc(C(=O)N[C@H]2CN3CCC2CC3)cc2occc12. The third-order valence-corrected chi connectivity index (χ3v) is 4.85. The highest BCUT2D eigenvalue weighted by molar-refractivity contribution is 5.96. The first-order valence-corrected chi connectivity index (χ1v) is 7.59. The van der Waals surface area contributed by atoms with E-state index in [2.05, 4.69) is 15.2 Å². The van der Waals surface area contributed by atoms with Crippen molar-refractivity contribution in [2.24, 2.45) is 5.92 Å². The molecule has 1 amide bonds. The summed E-state index contributed by atoms with van der Waals surface area (Å²) >= 11 is 0. The Morgan fingerprint density at radius 2 is 2.24 bits per heavy atom. The second-order valence-corrected chi connectivity index (χ2v) is 6.14. The molecule has 0 unspecified atom stereocenters. The number of piperidine rings is 3. The molecule has 1 N–H and O–H groups in total. The first-order chi connectivity index (χ1) is 10.2. The van der Waals surface area contributed by atoms with Crippen molar-refractivity contribution in [3.8, 4) is 0 Å². The standard InChI is InChI=1S/C16H19N3O2/c1-10-12-4-7-21-15(12)8-13(17-10)16(20)18-14-9-19-5-2-11(14)3-6-19/h4,7-8,11,14H,2-3,5-6,9H2,1H3,(H,18,20)/t14-/m0/s1. The fourth-order valence-electron chi connectivity index (χ4n) is 3.62. The van der Waals surface area contributed by atoms with Crippen LogP contribution in [0.5, 0.6) is 0 Å². The average Bonchev–Trinajstić information content (AvgIpc) is 2.97. The van der Waals surface area contributed by atoms with Gasteiger partial charge in [0.2, 0.25) is 0 Å². The molecule has 2 aromatic rings. The van der Waals surface area contributed by atoms with Crippen molar-refractivity contribution >= 4 is 16.9 Å². The van der Waals surface area contributed by atoms with Crippen LogP contribution in [0.3, 0.4) is 0 Å². The Labute approximate surface area is 123 Å². The molecule has 0 saturated carbocycles. The normalized spacial score (nSPS) is 28.0. The summed E-state index contributed by atoms with van der Waals surface area (Å²) in [4.78, 5) is 19.3. The summed E-state index contributed by atoms with van der Waals surface area (Å²) < 4.78 is 5.40. The highest BCUT2D eigenvalue weighted by atomic mass is 16.3. The molecule has 0 aliphatic carbocycles. The van der Waals surface area contributed by atoms with Crippen LogP contribution in [-0.4, -0.2) is 41.5 Å². The second kappa shape index (κ2) is 4.84. The number of nitrogens with zero attached hydrogens (tertiary/aromatic N) is 2. The number of furan rings is 1. The van der Waals surface area contributed by atoms with Crippen LogP contribution in [0.4, 0.5) is 0 Å². The number of fused-ring (bicyclic) bond motifs is 4. The van der Waals surface area contributed by atoms with E-state index in [1.54, 1.807) is 12.3 Å². The van der Waals surface area contributed by atoms with Gasteiger partial charge >= 0.3 is 0 Å². The van der Waals surface area contributed by atoms with Crippen LogP contribution in [0.25, 0.3) is 11.0 Å². The Bertz CT molecular complexity index is 686. The maximum absolute atomic E-state index is 12.5. The smallest absolute Gasteiger partial charge is 0.270 e. The molecule has 3 fully saturated rings. The van der Waals surface area contributed by atoms with Crippen LogP contribution in [-0.2, 0) is 0 Å². The van der Waals surface area contributed by atoms with Crippen molar-refractivity contribution in [1.29, 1.82) is 0 Å². The fourth-order valence-corrected chi connectivity index (χ4v) is 3.62. The van der Waals surface area contributed by atoms with Gasteiger partial charge in [0.25, 0.3) is 5.91 Å². The molecule has 3 aliphatic rings. The van der Waals surface area contributed by atoms with E-state index >= 15 is 0 Å². The summed E-state index contributed by atoms with van der Waals surface area (Å²) in [5.74, 6) is 0.530. The van der Waals surface area contributed by atoms with Gasteiger partial charge in [0.05, 0.1) is 6.26 Å². The number of rotatable bonds is 2. The van der Waals surface area contributed by atoms with Gasteiger partial charge in [0.15, 0.2) is 0 Å². The van der Waals surface area contributed by atoms with Crippen molar-refractivity contribution < 1.29 is 9.21 Å². The van der Waals surface area contributed by atoms with Crippen molar-refractivity contribution in [1.82, 2.24) is 15.2 Å². The fraction of sp³-hybridized carbons (Fsp3) is 0.500. The van der Waals surface area contributed by atoms with Gasteiger partial charge in [0.1, 0.15) is 11.3 Å². The van der Waals surface area contributed by atoms with Crippen LogP contribution in [0.2, 0.25) is 0 Å². The number of aromatic nitrogens is 1. The summed E-state index contributed by atoms with van der Waals surface area (Å²) in [7, 11) is 0. The van der Waals surface area contributed by atoms with Gasteiger partial charge in [-0.1, -0.05) is 0 Å². The summed E-state index contributed by atoms with van der Waals surface area (Å²) in [6.07, 6.45) is 4.01. The lowest BCUT2D eigenvalue weighted by Gasteiger charge is -2.44. The van der Waals surface area contributed by atoms with E-state index < -0.39 is 0 Å². The number of pyridine rings is 1. The third-order valence-electron chi connectivity index (χ3n) is 4.85. The van der Waals surface area contributed by atoms with Gasteiger partial charge in [-0.3, -0.25) is 4.79 Å². The minimum Gasteiger partial charge on any atom is -0.464 e. The number of carbonyl (C=O) groups is 1. The van der Waals surface area contributed by atoms with Crippen molar-refractivity contribution in [3.05, 3.63) is 29.8 Å². The number of nitrogens with one attached hydrogen (secondary N) is 1. The van der Waals surface area contributed by atoms with E-state index in [9.17, 15) is 4.79 Å². The topological polar surface area (TPSA) is 58.4 Å². The predicted octanol–water partition coefficient (Wildman–Crippen LogP) is 1.96. The van der Waals surface area contributed by atoms with E-state index in [4.69, 9.17) is 4.42 Å². The molecular weight excluding hydrogens is 266 g/mol. The van der Waals surface area contributed by atoms with Gasteiger partial charge in [-0.25, -0.2) is 4.98 Å². The molecule has 21 heavy (non-hydrogen) atoms. The van der Waals surface area contributed by atoms with Crippen LogP contribution >= 0.6 is 0 Å². The van der Waals surface area contributed by atoms with Crippen LogP contribution < -0.4 is 5.32 Å². The molecule has 5 nitrogen and oxygen atoms in total. The Morgan fingerprint density at radius 3 is 2.95 bits per heavy atom. The molecule has 5 heterocycles. The first kappa shape index (κ1) is 12.8. The van der Waals surface area contributed by atoms with Crippen LogP contribution in [0.1, 0.15) is 29.0 Å². The Hall–Kier alpha value is -1.88. The molecule has 0 aromatic carbocycles. The van der Waals surface area contributed by atoms with Gasteiger partial charge in [-0.05, 0) is 44.8 Å². The quantitative estimate of drug-likeness (QED) is 0.916. The third kappa shape index (κ3) is 2.21. The maximum Gasteiger partial charge on any atom is 0.270 e. The molecule has 2 aromatic heterocycles. The van der Waals surface area contributed by atoms with Gasteiger partial charge < -0.3 is 14.6 Å². The molecule has 2 bridgehead atoms. The number of aryl methyl sites for hydroxylation is 1. The summed E-state index contributed by atoms with van der Waals surface area (Å²) in [5, 5.41) is 4.13. The minimum atomic E-state index is -0.0878. The van der Waals surface area contributed by atoms with E-state index in [-0.39, 0.29) is 11.9 Å². The Morgan fingerprint density at radius 1 is 1.43 bits per heavy atom. The largest absolute Gasteiger partial charge is 0.464 e.